The predicted octanol–water partition coefficient (Wildman–Crippen LogP) is 3.74. The fraction of sp³-hybridized carbons (Fsp3) is 0.292. The van der Waals surface area contributed by atoms with Gasteiger partial charge in [-0.05, 0) is 61.7 Å². The Morgan fingerprint density at radius 3 is 2.55 bits per heavy atom. The first-order valence-corrected chi connectivity index (χ1v) is 10.4. The molecule has 4 rings (SSSR count). The third kappa shape index (κ3) is 4.82. The molecule has 0 bridgehead atoms. The molecule has 1 fully saturated rings. The van der Waals surface area contributed by atoms with Crippen molar-refractivity contribution in [2.45, 2.75) is 25.8 Å². The van der Waals surface area contributed by atoms with E-state index in [-0.39, 0.29) is 29.6 Å². The number of likely N-dealkylation sites (tertiary alicyclic amines) is 1. The molecule has 0 aliphatic carbocycles. The van der Waals surface area contributed by atoms with Crippen molar-refractivity contribution in [3.05, 3.63) is 84.2 Å². The van der Waals surface area contributed by atoms with Gasteiger partial charge in [0.2, 0.25) is 5.91 Å². The second kappa shape index (κ2) is 9.12. The molecule has 7 heteroatoms. The number of nitrogens with one attached hydrogen (secondary N) is 1. The first kappa shape index (κ1) is 20.8. The van der Waals surface area contributed by atoms with Gasteiger partial charge in [-0.25, -0.2) is 9.37 Å². The van der Waals surface area contributed by atoms with Gasteiger partial charge in [-0.15, -0.1) is 0 Å². The van der Waals surface area contributed by atoms with Gasteiger partial charge in [-0.1, -0.05) is 12.1 Å². The third-order valence-corrected chi connectivity index (χ3v) is 5.72. The maximum atomic E-state index is 13.1. The number of halogens is 1. The van der Waals surface area contributed by atoms with Crippen molar-refractivity contribution in [2.24, 2.45) is 5.92 Å². The van der Waals surface area contributed by atoms with E-state index in [1.807, 2.05) is 42.0 Å². The number of rotatable bonds is 5. The van der Waals surface area contributed by atoms with E-state index >= 15 is 0 Å². The number of piperidine rings is 1. The fourth-order valence-electron chi connectivity index (χ4n) is 3.91. The number of amides is 2. The molecule has 2 heterocycles. The van der Waals surface area contributed by atoms with E-state index < -0.39 is 0 Å². The van der Waals surface area contributed by atoms with Crippen LogP contribution in [0.15, 0.2) is 67.3 Å². The molecule has 0 unspecified atom stereocenters. The molecule has 2 aromatic carbocycles. The van der Waals surface area contributed by atoms with Crippen molar-refractivity contribution < 1.29 is 14.0 Å². The summed E-state index contributed by atoms with van der Waals surface area (Å²) in [5, 5.41) is 3.08. The van der Waals surface area contributed by atoms with Crippen LogP contribution in [0.4, 0.5) is 4.39 Å². The maximum Gasteiger partial charge on any atom is 0.253 e. The fourth-order valence-corrected chi connectivity index (χ4v) is 3.91. The van der Waals surface area contributed by atoms with E-state index in [1.54, 1.807) is 17.4 Å². The average molecular weight is 420 g/mol. The molecule has 1 N–H and O–H groups in total. The van der Waals surface area contributed by atoms with Crippen LogP contribution < -0.4 is 5.32 Å². The summed E-state index contributed by atoms with van der Waals surface area (Å²) >= 11 is 0. The molecule has 1 aliphatic heterocycles. The minimum Gasteiger partial charge on any atom is -0.349 e. The van der Waals surface area contributed by atoms with Crippen molar-refractivity contribution in [3.63, 3.8) is 0 Å². The molecule has 6 nitrogen and oxygen atoms in total. The van der Waals surface area contributed by atoms with Gasteiger partial charge in [-0.2, -0.15) is 0 Å². The summed E-state index contributed by atoms with van der Waals surface area (Å²) in [5.41, 5.74) is 2.45. The van der Waals surface area contributed by atoms with Crippen LogP contribution in [0.5, 0.6) is 0 Å². The molecule has 0 saturated carbocycles. The number of imidazole rings is 1. The van der Waals surface area contributed by atoms with Crippen molar-refractivity contribution >= 4 is 11.8 Å². The van der Waals surface area contributed by atoms with Gasteiger partial charge in [0, 0.05) is 36.7 Å². The number of carbonyl (C=O) groups excluding carboxylic acids is 2. The molecule has 3 aromatic rings. The highest BCUT2D eigenvalue weighted by Gasteiger charge is 2.29. The van der Waals surface area contributed by atoms with Crippen LogP contribution in [0.3, 0.4) is 0 Å². The molecule has 2 atom stereocenters. The summed E-state index contributed by atoms with van der Waals surface area (Å²) in [4.78, 5) is 31.3. The second-order valence-electron chi connectivity index (χ2n) is 7.89. The van der Waals surface area contributed by atoms with Gasteiger partial charge >= 0.3 is 0 Å². The van der Waals surface area contributed by atoms with Crippen molar-refractivity contribution in [3.8, 4) is 5.69 Å². The highest BCUT2D eigenvalue weighted by atomic mass is 19.1. The van der Waals surface area contributed by atoms with Gasteiger partial charge in [-0.3, -0.25) is 9.59 Å². The zero-order valence-corrected chi connectivity index (χ0v) is 17.4. The Bertz CT molecular complexity index is 1030. The van der Waals surface area contributed by atoms with Gasteiger partial charge in [0.05, 0.1) is 18.3 Å². The van der Waals surface area contributed by atoms with E-state index in [0.717, 1.165) is 24.1 Å². The Hall–Kier alpha value is -3.48. The lowest BCUT2D eigenvalue weighted by Gasteiger charge is -2.32. The Labute approximate surface area is 180 Å². The minimum atomic E-state index is -0.375. The maximum absolute atomic E-state index is 13.1. The average Bonchev–Trinajstić information content (AvgIpc) is 3.34. The Balaban J connectivity index is 1.36. The number of hydrogen-bond acceptors (Lipinski definition) is 3. The van der Waals surface area contributed by atoms with Gasteiger partial charge < -0.3 is 14.8 Å². The summed E-state index contributed by atoms with van der Waals surface area (Å²) in [6.45, 7) is 2.92. The topological polar surface area (TPSA) is 67.2 Å². The number of nitrogens with zero attached hydrogens (tertiary/aromatic N) is 3. The van der Waals surface area contributed by atoms with Crippen LogP contribution in [0.25, 0.3) is 5.69 Å². The monoisotopic (exact) mass is 420 g/mol. The van der Waals surface area contributed by atoms with E-state index in [1.165, 1.54) is 24.3 Å². The number of benzene rings is 2. The normalized spacial score (nSPS) is 17.2. The molecular weight excluding hydrogens is 395 g/mol. The SMILES string of the molecule is C[C@H](NC(=O)[C@H]1CCCN(C(=O)c2ccc(F)cc2)C1)c1ccc(-n2ccnc2)cc1. The smallest absolute Gasteiger partial charge is 0.253 e. The molecule has 31 heavy (non-hydrogen) atoms. The van der Waals surface area contributed by atoms with E-state index in [2.05, 4.69) is 10.3 Å². The molecule has 160 valence electrons. The zero-order valence-electron chi connectivity index (χ0n) is 17.4. The quantitative estimate of drug-likeness (QED) is 0.684. The van der Waals surface area contributed by atoms with Crippen LogP contribution >= 0.6 is 0 Å². The van der Waals surface area contributed by atoms with Crippen LogP contribution in [-0.2, 0) is 4.79 Å². The van der Waals surface area contributed by atoms with E-state index in [4.69, 9.17) is 0 Å². The molecule has 0 spiro atoms. The molecule has 1 aliphatic rings. The number of aromatic nitrogens is 2. The highest BCUT2D eigenvalue weighted by molar-refractivity contribution is 5.94. The first-order chi connectivity index (χ1) is 15.0. The van der Waals surface area contributed by atoms with Crippen LogP contribution in [0.1, 0.15) is 41.7 Å². The van der Waals surface area contributed by atoms with Crippen molar-refractivity contribution in [1.29, 1.82) is 0 Å². The second-order valence-corrected chi connectivity index (χ2v) is 7.89. The summed E-state index contributed by atoms with van der Waals surface area (Å²) in [5.74, 6) is -0.853. The lowest BCUT2D eigenvalue weighted by molar-refractivity contribution is -0.127. The predicted molar refractivity (Wildman–Crippen MR) is 115 cm³/mol. The number of carbonyl (C=O) groups is 2. The van der Waals surface area contributed by atoms with Gasteiger partial charge in [0.25, 0.3) is 5.91 Å². The van der Waals surface area contributed by atoms with Crippen molar-refractivity contribution in [2.75, 3.05) is 13.1 Å². The number of hydrogen-bond donors (Lipinski definition) is 1. The van der Waals surface area contributed by atoms with Crippen LogP contribution in [-0.4, -0.2) is 39.4 Å². The molecule has 1 aromatic heterocycles. The Morgan fingerprint density at radius 1 is 1.13 bits per heavy atom. The van der Waals surface area contributed by atoms with Gasteiger partial charge in [0.1, 0.15) is 5.82 Å². The Kier molecular flexibility index (Phi) is 6.11. The van der Waals surface area contributed by atoms with Gasteiger partial charge in [0.15, 0.2) is 0 Å². The summed E-state index contributed by atoms with van der Waals surface area (Å²) in [7, 11) is 0. The van der Waals surface area contributed by atoms with E-state index in [9.17, 15) is 14.0 Å². The van der Waals surface area contributed by atoms with E-state index in [0.29, 0.717) is 18.7 Å². The van der Waals surface area contributed by atoms with Crippen LogP contribution in [0, 0.1) is 11.7 Å². The zero-order chi connectivity index (χ0) is 21.8. The first-order valence-electron chi connectivity index (χ1n) is 10.4. The molecule has 2 amide bonds. The standard InChI is InChI=1S/C24H25FN4O2/c1-17(18-6-10-22(11-7-18)29-14-12-26-16-29)27-23(30)20-3-2-13-28(15-20)24(31)19-4-8-21(25)9-5-19/h4-12,14,16-17,20H,2-3,13,15H2,1H3,(H,27,30)/t17-,20-/m0/s1. The van der Waals surface area contributed by atoms with Crippen molar-refractivity contribution in [1.82, 2.24) is 19.8 Å². The Morgan fingerprint density at radius 2 is 1.87 bits per heavy atom. The lowest BCUT2D eigenvalue weighted by atomic mass is 9.95. The van der Waals surface area contributed by atoms with Crippen LogP contribution in [0.2, 0.25) is 0 Å². The largest absolute Gasteiger partial charge is 0.349 e. The molecule has 1 saturated heterocycles. The highest BCUT2D eigenvalue weighted by Crippen LogP contribution is 2.21. The summed E-state index contributed by atoms with van der Waals surface area (Å²) in [6.07, 6.45) is 6.85. The minimum absolute atomic E-state index is 0.0530. The molecule has 0 radical (unpaired) electrons. The molecular formula is C24H25FN4O2. The summed E-state index contributed by atoms with van der Waals surface area (Å²) < 4.78 is 15.1. The lowest BCUT2D eigenvalue weighted by Crippen LogP contribution is -2.45. The third-order valence-electron chi connectivity index (χ3n) is 5.72. The summed E-state index contributed by atoms with van der Waals surface area (Å²) in [6, 6.07) is 13.3.